The van der Waals surface area contributed by atoms with Crippen molar-refractivity contribution in [3.8, 4) is 0 Å². The van der Waals surface area contributed by atoms with Gasteiger partial charge in [-0.2, -0.15) is 0 Å². The Labute approximate surface area is 152 Å². The van der Waals surface area contributed by atoms with Crippen LogP contribution in [-0.2, 0) is 16.4 Å². The number of allylic oxidation sites excluding steroid dienone is 1. The number of nitrogens with one attached hydrogen (secondary N) is 2. The van der Waals surface area contributed by atoms with Crippen LogP contribution in [0.2, 0.25) is 5.02 Å². The molecule has 0 bridgehead atoms. The summed E-state index contributed by atoms with van der Waals surface area (Å²) in [6, 6.07) is 8.68. The van der Waals surface area contributed by atoms with Gasteiger partial charge in [0.1, 0.15) is 0 Å². The number of hydrogen-bond donors (Lipinski definition) is 2. The molecule has 0 saturated carbocycles. The van der Waals surface area contributed by atoms with E-state index in [-0.39, 0.29) is 4.90 Å². The molecule has 1 aliphatic carbocycles. The second kappa shape index (κ2) is 6.58. The molecule has 0 radical (unpaired) electrons. The van der Waals surface area contributed by atoms with E-state index < -0.39 is 16.1 Å². The maximum Gasteiger partial charge on any atom is 0.333 e. The lowest BCUT2D eigenvalue weighted by atomic mass is 10.1. The summed E-state index contributed by atoms with van der Waals surface area (Å²) >= 11 is 9.18. The minimum absolute atomic E-state index is 0.0499. The molecule has 0 atom stereocenters. The number of urea groups is 1. The van der Waals surface area contributed by atoms with Crippen molar-refractivity contribution in [1.29, 1.82) is 0 Å². The predicted octanol–water partition coefficient (Wildman–Crippen LogP) is 4.18. The van der Waals surface area contributed by atoms with Gasteiger partial charge in [-0.05, 0) is 63.8 Å². The molecule has 0 saturated heterocycles. The van der Waals surface area contributed by atoms with Crippen molar-refractivity contribution >= 4 is 55.3 Å². The smallest absolute Gasteiger partial charge is 0.307 e. The van der Waals surface area contributed by atoms with E-state index in [1.165, 1.54) is 12.1 Å². The van der Waals surface area contributed by atoms with Crippen LogP contribution in [0.25, 0.3) is 6.08 Å². The van der Waals surface area contributed by atoms with Gasteiger partial charge in [0, 0.05) is 10.2 Å². The minimum atomic E-state index is -3.95. The standard InChI is InChI=1S/C16H12BrClN2O3S/c17-14-7-5-12(9-15(14)18)19-16(21)20-24(22,23)13-6-4-10-2-1-3-11(10)8-13/h1-2,4-9H,3H2,(H2,19,20,21). The highest BCUT2D eigenvalue weighted by atomic mass is 79.9. The lowest BCUT2D eigenvalue weighted by molar-refractivity contribution is 0.256. The van der Waals surface area contributed by atoms with Gasteiger partial charge < -0.3 is 5.32 Å². The molecule has 2 N–H and O–H groups in total. The highest BCUT2D eigenvalue weighted by Gasteiger charge is 2.19. The Hall–Kier alpha value is -1.83. The topological polar surface area (TPSA) is 75.3 Å². The molecule has 0 unspecified atom stereocenters. The van der Waals surface area contributed by atoms with E-state index >= 15 is 0 Å². The number of carbonyl (C=O) groups is 1. The van der Waals surface area contributed by atoms with Crippen LogP contribution in [0.15, 0.2) is 51.8 Å². The summed E-state index contributed by atoms with van der Waals surface area (Å²) in [5, 5.41) is 2.85. The number of sulfonamides is 1. The molecular formula is C16H12BrClN2O3S. The minimum Gasteiger partial charge on any atom is -0.307 e. The first kappa shape index (κ1) is 17.0. The van der Waals surface area contributed by atoms with Gasteiger partial charge in [0.2, 0.25) is 0 Å². The Balaban J connectivity index is 1.74. The molecule has 0 fully saturated rings. The van der Waals surface area contributed by atoms with Gasteiger partial charge >= 0.3 is 6.03 Å². The van der Waals surface area contributed by atoms with Gasteiger partial charge in [-0.3, -0.25) is 0 Å². The molecular weight excluding hydrogens is 416 g/mol. The van der Waals surface area contributed by atoms with E-state index in [1.54, 1.807) is 24.3 Å². The number of carbonyl (C=O) groups excluding carboxylic acids is 1. The van der Waals surface area contributed by atoms with Gasteiger partial charge in [0.05, 0.1) is 9.92 Å². The molecule has 24 heavy (non-hydrogen) atoms. The summed E-state index contributed by atoms with van der Waals surface area (Å²) < 4.78 is 27.3. The summed E-state index contributed by atoms with van der Waals surface area (Å²) in [5.74, 6) is 0. The molecule has 2 amide bonds. The quantitative estimate of drug-likeness (QED) is 0.771. The number of rotatable bonds is 3. The number of hydrogen-bond acceptors (Lipinski definition) is 3. The molecule has 8 heteroatoms. The predicted molar refractivity (Wildman–Crippen MR) is 97.7 cm³/mol. The van der Waals surface area contributed by atoms with Gasteiger partial charge in [-0.25, -0.2) is 17.9 Å². The van der Waals surface area contributed by atoms with Crippen LogP contribution in [0, 0.1) is 0 Å². The molecule has 2 aromatic carbocycles. The van der Waals surface area contributed by atoms with Gasteiger partial charge in [-0.15, -0.1) is 0 Å². The summed E-state index contributed by atoms with van der Waals surface area (Å²) in [6.45, 7) is 0. The van der Waals surface area contributed by atoms with Crippen molar-refractivity contribution in [2.24, 2.45) is 0 Å². The monoisotopic (exact) mass is 426 g/mol. The van der Waals surface area contributed by atoms with E-state index in [0.717, 1.165) is 11.1 Å². The maximum atomic E-state index is 12.3. The van der Waals surface area contributed by atoms with Crippen molar-refractivity contribution < 1.29 is 13.2 Å². The first-order valence-corrected chi connectivity index (χ1v) is 9.59. The van der Waals surface area contributed by atoms with Crippen LogP contribution in [0.4, 0.5) is 10.5 Å². The third-order valence-corrected chi connectivity index (χ3v) is 6.03. The van der Waals surface area contributed by atoms with Crippen molar-refractivity contribution in [3.05, 3.63) is 63.1 Å². The molecule has 0 aromatic heterocycles. The molecule has 124 valence electrons. The Kier molecular flexibility index (Phi) is 4.67. The summed E-state index contributed by atoms with van der Waals surface area (Å²) in [6.07, 6.45) is 4.57. The zero-order chi connectivity index (χ0) is 17.3. The van der Waals surface area contributed by atoms with Crippen LogP contribution >= 0.6 is 27.5 Å². The van der Waals surface area contributed by atoms with Crippen LogP contribution in [-0.4, -0.2) is 14.4 Å². The van der Waals surface area contributed by atoms with Gasteiger partial charge in [-0.1, -0.05) is 29.8 Å². The summed E-state index contributed by atoms with van der Waals surface area (Å²) in [5.41, 5.74) is 2.29. The van der Waals surface area contributed by atoms with E-state index in [1.807, 2.05) is 16.9 Å². The van der Waals surface area contributed by atoms with Crippen molar-refractivity contribution in [2.75, 3.05) is 5.32 Å². The van der Waals surface area contributed by atoms with Crippen molar-refractivity contribution in [3.63, 3.8) is 0 Å². The maximum absolute atomic E-state index is 12.3. The number of fused-ring (bicyclic) bond motifs is 1. The SMILES string of the molecule is O=C(Nc1ccc(Br)c(Cl)c1)NS(=O)(=O)c1ccc2c(c1)CC=C2. The van der Waals surface area contributed by atoms with Crippen LogP contribution in [0.1, 0.15) is 11.1 Å². The molecule has 1 aliphatic rings. The highest BCUT2D eigenvalue weighted by Crippen LogP contribution is 2.26. The highest BCUT2D eigenvalue weighted by molar-refractivity contribution is 9.10. The van der Waals surface area contributed by atoms with Crippen LogP contribution in [0.3, 0.4) is 0 Å². The Morgan fingerprint density at radius 3 is 2.71 bits per heavy atom. The number of benzene rings is 2. The second-order valence-corrected chi connectivity index (χ2v) is 8.10. The largest absolute Gasteiger partial charge is 0.333 e. The fraction of sp³-hybridized carbons (Fsp3) is 0.0625. The van der Waals surface area contributed by atoms with Crippen LogP contribution in [0.5, 0.6) is 0 Å². The molecule has 0 aliphatic heterocycles. The first-order chi connectivity index (χ1) is 11.3. The van der Waals surface area contributed by atoms with Gasteiger partial charge in [0.15, 0.2) is 0 Å². The first-order valence-electron chi connectivity index (χ1n) is 6.93. The van der Waals surface area contributed by atoms with Crippen molar-refractivity contribution in [2.45, 2.75) is 11.3 Å². The van der Waals surface area contributed by atoms with E-state index in [0.29, 0.717) is 21.6 Å². The lowest BCUT2D eigenvalue weighted by Gasteiger charge is -2.10. The summed E-state index contributed by atoms with van der Waals surface area (Å²) in [7, 11) is -3.95. The fourth-order valence-electron chi connectivity index (χ4n) is 2.31. The zero-order valence-corrected chi connectivity index (χ0v) is 15.4. The average molecular weight is 428 g/mol. The Bertz CT molecular complexity index is 958. The molecule has 0 heterocycles. The zero-order valence-electron chi connectivity index (χ0n) is 12.2. The average Bonchev–Trinajstić information content (AvgIpc) is 2.98. The molecule has 3 rings (SSSR count). The van der Waals surface area contributed by atoms with E-state index in [9.17, 15) is 13.2 Å². The Morgan fingerprint density at radius 1 is 1.17 bits per heavy atom. The third kappa shape index (κ3) is 3.63. The molecule has 2 aromatic rings. The summed E-state index contributed by atoms with van der Waals surface area (Å²) in [4.78, 5) is 12.0. The normalized spacial score (nSPS) is 12.8. The third-order valence-electron chi connectivity index (χ3n) is 3.46. The van der Waals surface area contributed by atoms with Crippen molar-refractivity contribution in [1.82, 2.24) is 4.72 Å². The molecule has 5 nitrogen and oxygen atoms in total. The number of halogens is 2. The lowest BCUT2D eigenvalue weighted by Crippen LogP contribution is -2.34. The van der Waals surface area contributed by atoms with Gasteiger partial charge in [0.25, 0.3) is 10.0 Å². The van der Waals surface area contributed by atoms with E-state index in [4.69, 9.17) is 11.6 Å². The number of anilines is 1. The number of amides is 2. The van der Waals surface area contributed by atoms with Crippen LogP contribution < -0.4 is 10.0 Å². The fourth-order valence-corrected chi connectivity index (χ4v) is 3.70. The Morgan fingerprint density at radius 2 is 1.96 bits per heavy atom. The second-order valence-electron chi connectivity index (χ2n) is 5.16. The molecule has 0 spiro atoms. The van der Waals surface area contributed by atoms with E-state index in [2.05, 4.69) is 21.2 Å².